The minimum Gasteiger partial charge on any atom is -0.504 e. The third-order valence-corrected chi connectivity index (χ3v) is 7.63. The van der Waals surface area contributed by atoms with Gasteiger partial charge in [-0.1, -0.05) is 39.0 Å². The first-order chi connectivity index (χ1) is 17.3. The summed E-state index contributed by atoms with van der Waals surface area (Å²) in [6.45, 7) is 7.05. The van der Waals surface area contributed by atoms with Crippen molar-refractivity contribution in [2.45, 2.75) is 77.9 Å². The van der Waals surface area contributed by atoms with Crippen molar-refractivity contribution < 1.29 is 24.6 Å². The Balaban J connectivity index is 1.30. The molecule has 2 aliphatic heterocycles. The molecule has 5 atom stereocenters. The van der Waals surface area contributed by atoms with Crippen molar-refractivity contribution >= 4 is 12.0 Å². The summed E-state index contributed by atoms with van der Waals surface area (Å²) >= 11 is 0. The van der Waals surface area contributed by atoms with Crippen LogP contribution in [0.4, 0.5) is 0 Å². The van der Waals surface area contributed by atoms with E-state index in [0.717, 1.165) is 36.9 Å². The predicted octanol–water partition coefficient (Wildman–Crippen LogP) is 4.14. The fourth-order valence-corrected chi connectivity index (χ4v) is 5.29. The fraction of sp³-hybridized carbons (Fsp3) is 0.533. The summed E-state index contributed by atoms with van der Waals surface area (Å²) in [5, 5.41) is 20.9. The van der Waals surface area contributed by atoms with Gasteiger partial charge >= 0.3 is 0 Å². The average molecular weight is 494 g/mol. The minimum atomic E-state index is -0.611. The molecule has 3 aliphatic rings. The second-order valence-corrected chi connectivity index (χ2v) is 11.0. The number of ketones is 1. The summed E-state index contributed by atoms with van der Waals surface area (Å²) < 4.78 is 6.08. The van der Waals surface area contributed by atoms with E-state index in [1.807, 2.05) is 18.3 Å². The second-order valence-electron chi connectivity index (χ2n) is 11.0. The number of carbonyl (C=O) groups is 1. The molecule has 0 radical (unpaired) electrons. The highest BCUT2D eigenvalue weighted by atomic mass is 16.5. The number of nitrogens with one attached hydrogen (secondary N) is 1. The van der Waals surface area contributed by atoms with Crippen LogP contribution in [0.1, 0.15) is 64.9 Å². The Bertz CT molecular complexity index is 1060. The predicted molar refractivity (Wildman–Crippen MR) is 142 cm³/mol. The molecule has 1 aliphatic carbocycles. The van der Waals surface area contributed by atoms with Gasteiger partial charge in [-0.25, -0.2) is 0 Å². The third-order valence-electron chi connectivity index (χ3n) is 7.63. The monoisotopic (exact) mass is 493 g/mol. The normalized spacial score (nSPS) is 25.6. The van der Waals surface area contributed by atoms with Gasteiger partial charge in [0.15, 0.2) is 11.5 Å². The van der Waals surface area contributed by atoms with Gasteiger partial charge in [-0.3, -0.25) is 14.7 Å². The molecule has 1 aromatic carbocycles. The maximum atomic E-state index is 12.5. The number of nitrogens with zero attached hydrogens (tertiary/aromatic N) is 1. The zero-order valence-electron chi connectivity index (χ0n) is 21.8. The van der Waals surface area contributed by atoms with E-state index in [1.165, 1.54) is 10.5 Å². The largest absolute Gasteiger partial charge is 0.504 e. The molecule has 36 heavy (non-hydrogen) atoms. The van der Waals surface area contributed by atoms with Crippen molar-refractivity contribution in [3.63, 3.8) is 0 Å². The molecule has 3 N–H and O–H groups in total. The first kappa shape index (κ1) is 26.4. The number of aliphatic hydroxyl groups excluding tert-OH is 1. The van der Waals surface area contributed by atoms with Gasteiger partial charge in [-0.05, 0) is 61.3 Å². The molecule has 6 nitrogen and oxygen atoms in total. The van der Waals surface area contributed by atoms with Crippen LogP contribution in [0.2, 0.25) is 0 Å². The summed E-state index contributed by atoms with van der Waals surface area (Å²) in [7, 11) is 0. The Kier molecular flexibility index (Phi) is 8.81. The van der Waals surface area contributed by atoms with Gasteiger partial charge in [-0.15, -0.1) is 0 Å². The Morgan fingerprint density at radius 1 is 1.25 bits per heavy atom. The molecule has 194 valence electrons. The number of aromatic hydroxyl groups is 1. The number of phenols is 1. The smallest absolute Gasteiger partial charge is 0.227 e. The zero-order chi connectivity index (χ0) is 25.7. The van der Waals surface area contributed by atoms with Gasteiger partial charge in [0.1, 0.15) is 23.7 Å². The molecule has 6 heteroatoms. The van der Waals surface area contributed by atoms with Crippen molar-refractivity contribution in [1.82, 2.24) is 0 Å². The van der Waals surface area contributed by atoms with Crippen molar-refractivity contribution in [1.29, 1.82) is 0 Å². The van der Waals surface area contributed by atoms with Crippen LogP contribution in [-0.2, 0) is 11.2 Å². The molecule has 0 amide bonds. The third kappa shape index (κ3) is 6.74. The topological polar surface area (TPSA) is 83.6 Å². The highest BCUT2D eigenvalue weighted by molar-refractivity contribution is 5.80. The van der Waals surface area contributed by atoms with Crippen LogP contribution >= 0.6 is 0 Å². The number of quaternary nitrogens is 1. The van der Waals surface area contributed by atoms with E-state index in [2.05, 4.69) is 50.2 Å². The van der Waals surface area contributed by atoms with Crippen molar-refractivity contribution in [3.05, 3.63) is 59.5 Å². The summed E-state index contributed by atoms with van der Waals surface area (Å²) in [6.07, 6.45) is 15.0. The maximum Gasteiger partial charge on any atom is 0.227 e. The van der Waals surface area contributed by atoms with Gasteiger partial charge in [-0.2, -0.15) is 0 Å². The number of carbonyl (C=O) groups excluding carboxylic acids is 1. The summed E-state index contributed by atoms with van der Waals surface area (Å²) in [4.78, 5) is 18.2. The molecule has 0 spiro atoms. The highest BCUT2D eigenvalue weighted by Crippen LogP contribution is 2.29. The molecule has 0 saturated carbocycles. The fourth-order valence-electron chi connectivity index (χ4n) is 5.29. The number of Topliss-reactive ketones (excluding diaryl/α,β-unsaturated/α-hetero) is 1. The van der Waals surface area contributed by atoms with Crippen LogP contribution in [0.3, 0.4) is 0 Å². The van der Waals surface area contributed by atoms with Crippen LogP contribution in [-0.4, -0.2) is 41.1 Å². The number of phenolic OH excluding ortho intramolecular Hbond substituents is 1. The van der Waals surface area contributed by atoms with Gasteiger partial charge < -0.3 is 14.9 Å². The van der Waals surface area contributed by atoms with Gasteiger partial charge in [0, 0.05) is 37.0 Å². The molecular weight excluding hydrogens is 452 g/mol. The van der Waals surface area contributed by atoms with Crippen LogP contribution in [0.15, 0.2) is 58.9 Å². The van der Waals surface area contributed by atoms with Crippen LogP contribution < -0.4 is 9.64 Å². The highest BCUT2D eigenvalue weighted by Gasteiger charge is 2.36. The molecule has 0 aromatic heterocycles. The summed E-state index contributed by atoms with van der Waals surface area (Å²) in [6, 6.07) is 5.60. The van der Waals surface area contributed by atoms with Crippen LogP contribution in [0, 0.1) is 17.8 Å². The van der Waals surface area contributed by atoms with E-state index in [9.17, 15) is 15.0 Å². The average Bonchev–Trinajstić information content (AvgIpc) is 3.43. The molecule has 0 saturated heterocycles. The number of benzene rings is 1. The maximum absolute atomic E-state index is 12.5. The minimum absolute atomic E-state index is 0.0616. The summed E-state index contributed by atoms with van der Waals surface area (Å²) in [5.74, 6) is 1.85. The number of rotatable bonds is 12. The molecule has 0 fully saturated rings. The van der Waals surface area contributed by atoms with Crippen molar-refractivity contribution in [2.75, 3.05) is 6.73 Å². The first-order valence-corrected chi connectivity index (χ1v) is 13.4. The van der Waals surface area contributed by atoms with E-state index < -0.39 is 6.10 Å². The molecule has 4 rings (SSSR count). The Morgan fingerprint density at radius 2 is 2.08 bits per heavy atom. The lowest BCUT2D eigenvalue weighted by Crippen LogP contribution is -3.11. The number of fused-ring (bicyclic) bond motifs is 1. The number of aliphatic imine (C=N–C) groups is 1. The number of aliphatic hydroxyl groups is 1. The number of hydrogen-bond donors (Lipinski definition) is 3. The van der Waals surface area contributed by atoms with Crippen molar-refractivity contribution in [2.24, 2.45) is 22.7 Å². The Labute approximate surface area is 215 Å². The zero-order valence-corrected chi connectivity index (χ0v) is 21.8. The van der Waals surface area contributed by atoms with Crippen LogP contribution in [0.25, 0.3) is 0 Å². The van der Waals surface area contributed by atoms with Gasteiger partial charge in [0.2, 0.25) is 6.73 Å². The second kappa shape index (κ2) is 12.0. The number of hydrogen-bond acceptors (Lipinski definition) is 5. The summed E-state index contributed by atoms with van der Waals surface area (Å²) in [5.41, 5.74) is 3.23. The molecule has 1 aromatic rings. The van der Waals surface area contributed by atoms with E-state index in [-0.39, 0.29) is 23.9 Å². The lowest BCUT2D eigenvalue weighted by atomic mass is 9.84. The quantitative estimate of drug-likeness (QED) is 0.382. The van der Waals surface area contributed by atoms with Gasteiger partial charge in [0.05, 0.1) is 6.10 Å². The lowest BCUT2D eigenvalue weighted by molar-refractivity contribution is -0.880. The lowest BCUT2D eigenvalue weighted by Gasteiger charge is -2.24. The van der Waals surface area contributed by atoms with E-state index in [4.69, 9.17) is 4.74 Å². The Morgan fingerprint density at radius 3 is 2.83 bits per heavy atom. The Hall–Kier alpha value is -2.70. The van der Waals surface area contributed by atoms with Crippen LogP contribution in [0.5, 0.6) is 11.5 Å². The molecule has 5 unspecified atom stereocenters. The van der Waals surface area contributed by atoms with Crippen molar-refractivity contribution in [3.8, 4) is 11.5 Å². The molecule has 0 bridgehead atoms. The SMILES string of the molecule is CC(C)CCC1C2=CC=NC2=C[NH+]1COc1cc(CCC(=O)CC(O)C2C=CC(C)CC2)ccc1O. The number of ether oxygens (including phenoxy) is 1. The number of aryl methyl sites for hydroxylation is 1. The molecule has 2 heterocycles. The van der Waals surface area contributed by atoms with Gasteiger partial charge in [0.25, 0.3) is 0 Å². The molecular formula is C30H41N2O4+. The van der Waals surface area contributed by atoms with E-state index in [1.54, 1.807) is 6.07 Å². The standard InChI is InChI=1S/C30H40N2O4/c1-20(2)4-12-27-25-14-15-31-26(25)18-32(27)19-36-30-16-22(8-13-28(30)34)7-11-24(33)17-29(35)23-9-5-21(3)6-10-23/h5,8-9,13-16,18,20-21,23,27,29,34-35H,4,6-7,10-12,17,19H2,1-3H3/p+1. The number of allylic oxidation sites excluding steroid dienone is 2. The van der Waals surface area contributed by atoms with E-state index >= 15 is 0 Å². The first-order valence-electron chi connectivity index (χ1n) is 13.4. The van der Waals surface area contributed by atoms with E-state index in [0.29, 0.717) is 43.2 Å².